The molecule has 9 nitrogen and oxygen atoms in total. The second-order valence-electron chi connectivity index (χ2n) is 14.5. The van der Waals surface area contributed by atoms with Crippen LogP contribution in [0.4, 0.5) is 0 Å². The Morgan fingerprint density at radius 1 is 1.02 bits per heavy atom. The molecule has 4 aliphatic carbocycles. The number of rotatable bonds is 7. The molecule has 0 unspecified atom stereocenters. The van der Waals surface area contributed by atoms with Crippen LogP contribution in [0.25, 0.3) is 0 Å². The van der Waals surface area contributed by atoms with E-state index < -0.39 is 75.4 Å². The molecule has 3 N–H and O–H groups in total. The summed E-state index contributed by atoms with van der Waals surface area (Å²) in [5.41, 5.74) is -3.15. The minimum absolute atomic E-state index is 0.0164. The zero-order valence-electron chi connectivity index (χ0n) is 25.6. The first-order valence-electron chi connectivity index (χ1n) is 14.9. The molecule has 0 aromatic carbocycles. The van der Waals surface area contributed by atoms with E-state index in [1.165, 1.54) is 13.8 Å². The van der Waals surface area contributed by atoms with Crippen molar-refractivity contribution in [3.05, 3.63) is 11.1 Å². The zero-order valence-corrected chi connectivity index (χ0v) is 25.6. The first kappa shape index (κ1) is 31.5. The number of carboxylic acids is 1. The van der Waals surface area contributed by atoms with E-state index in [4.69, 9.17) is 4.74 Å². The number of hydrogen-bond acceptors (Lipinski definition) is 8. The van der Waals surface area contributed by atoms with Crippen LogP contribution in [0.1, 0.15) is 93.9 Å². The molecule has 41 heavy (non-hydrogen) atoms. The fourth-order valence-corrected chi connectivity index (χ4v) is 9.45. The minimum atomic E-state index is -1.33. The summed E-state index contributed by atoms with van der Waals surface area (Å²) in [5, 5.41) is 31.9. The number of hydrogen-bond donors (Lipinski definition) is 3. The lowest BCUT2D eigenvalue weighted by Gasteiger charge is -2.62. The average molecular weight is 575 g/mol. The van der Waals surface area contributed by atoms with Gasteiger partial charge in [0.05, 0.1) is 23.5 Å². The molecule has 0 radical (unpaired) electrons. The van der Waals surface area contributed by atoms with Crippen molar-refractivity contribution < 1.29 is 44.0 Å². The van der Waals surface area contributed by atoms with Crippen LogP contribution in [0.15, 0.2) is 11.1 Å². The number of carboxylic acid groups (broad SMARTS) is 1. The standard InChI is InChI=1S/C32H46O9/c1-15(11-18(34)12-16(2)28(39)40)19-13-23(37)32(8)24-20(35)14-21-29(4,5)22(36)9-10-30(21,6)25(24)26(38)27(31(19,32)7)41-17(3)33/h15-16,19-22,27,35-36H,9-14H2,1-8H3,(H,39,40)/t15-,16-,19+,20+,21+,22+,27-,30+,31-,32+/m1/s1. The number of carbonyl (C=O) groups is 5. The van der Waals surface area contributed by atoms with Crippen LogP contribution in [0, 0.1) is 45.3 Å². The summed E-state index contributed by atoms with van der Waals surface area (Å²) < 4.78 is 5.83. The lowest BCUT2D eigenvalue weighted by Crippen LogP contribution is -2.65. The molecule has 0 heterocycles. The van der Waals surface area contributed by atoms with Crippen molar-refractivity contribution in [3.63, 3.8) is 0 Å². The van der Waals surface area contributed by atoms with Gasteiger partial charge in [-0.05, 0) is 60.3 Å². The highest BCUT2D eigenvalue weighted by molar-refractivity contribution is 6.08. The van der Waals surface area contributed by atoms with Gasteiger partial charge in [-0.3, -0.25) is 24.0 Å². The highest BCUT2D eigenvalue weighted by Crippen LogP contribution is 2.71. The third kappa shape index (κ3) is 4.36. The van der Waals surface area contributed by atoms with Crippen LogP contribution in [0.5, 0.6) is 0 Å². The molecule has 9 heteroatoms. The largest absolute Gasteiger partial charge is 0.481 e. The van der Waals surface area contributed by atoms with E-state index in [1.54, 1.807) is 13.8 Å². The summed E-state index contributed by atoms with van der Waals surface area (Å²) in [4.78, 5) is 65.5. The van der Waals surface area contributed by atoms with Crippen molar-refractivity contribution in [2.24, 2.45) is 45.3 Å². The van der Waals surface area contributed by atoms with Crippen LogP contribution in [0.2, 0.25) is 0 Å². The topological polar surface area (TPSA) is 155 Å². The van der Waals surface area contributed by atoms with Gasteiger partial charge in [0.15, 0.2) is 6.10 Å². The Balaban J connectivity index is 1.87. The monoisotopic (exact) mass is 574 g/mol. The number of carbonyl (C=O) groups excluding carboxylic acids is 4. The molecular formula is C32H46O9. The van der Waals surface area contributed by atoms with Gasteiger partial charge >= 0.3 is 11.9 Å². The molecule has 4 aliphatic rings. The maximum absolute atomic E-state index is 14.6. The van der Waals surface area contributed by atoms with E-state index >= 15 is 0 Å². The van der Waals surface area contributed by atoms with Crippen molar-refractivity contribution in [1.82, 2.24) is 0 Å². The number of Topliss-reactive ketones (excluding diaryl/α,β-unsaturated/α-hetero) is 3. The van der Waals surface area contributed by atoms with Gasteiger partial charge in [-0.1, -0.05) is 41.5 Å². The van der Waals surface area contributed by atoms with Crippen LogP contribution < -0.4 is 0 Å². The second kappa shape index (κ2) is 10.1. The smallest absolute Gasteiger partial charge is 0.306 e. The van der Waals surface area contributed by atoms with E-state index in [-0.39, 0.29) is 43.2 Å². The Morgan fingerprint density at radius 3 is 2.20 bits per heavy atom. The van der Waals surface area contributed by atoms with Gasteiger partial charge in [-0.15, -0.1) is 0 Å². The lowest BCUT2D eigenvalue weighted by atomic mass is 9.41. The summed E-state index contributed by atoms with van der Waals surface area (Å²) in [7, 11) is 0. The van der Waals surface area contributed by atoms with Crippen molar-refractivity contribution >= 4 is 29.3 Å². The number of aliphatic hydroxyl groups is 2. The number of aliphatic carboxylic acids is 1. The molecule has 0 aromatic rings. The molecule has 228 valence electrons. The van der Waals surface area contributed by atoms with E-state index in [1.807, 2.05) is 27.7 Å². The highest BCUT2D eigenvalue weighted by atomic mass is 16.5. The third-order valence-electron chi connectivity index (χ3n) is 12.0. The van der Waals surface area contributed by atoms with Crippen molar-refractivity contribution in [2.75, 3.05) is 0 Å². The first-order valence-corrected chi connectivity index (χ1v) is 14.9. The Morgan fingerprint density at radius 2 is 1.63 bits per heavy atom. The number of fused-ring (bicyclic) bond motifs is 4. The summed E-state index contributed by atoms with van der Waals surface area (Å²) >= 11 is 0. The molecule has 0 spiro atoms. The number of aliphatic hydroxyl groups excluding tert-OH is 2. The molecule has 0 aromatic heterocycles. The van der Waals surface area contributed by atoms with Crippen LogP contribution in [0.3, 0.4) is 0 Å². The van der Waals surface area contributed by atoms with E-state index in [0.29, 0.717) is 24.0 Å². The summed E-state index contributed by atoms with van der Waals surface area (Å²) in [5.74, 6) is -4.60. The van der Waals surface area contributed by atoms with Gasteiger partial charge in [0, 0.05) is 37.2 Å². The second-order valence-corrected chi connectivity index (χ2v) is 14.5. The molecule has 10 atom stereocenters. The zero-order chi connectivity index (χ0) is 31.0. The predicted molar refractivity (Wildman–Crippen MR) is 148 cm³/mol. The van der Waals surface area contributed by atoms with Crippen molar-refractivity contribution in [1.29, 1.82) is 0 Å². The van der Waals surface area contributed by atoms with Crippen molar-refractivity contribution in [3.8, 4) is 0 Å². The van der Waals surface area contributed by atoms with Crippen molar-refractivity contribution in [2.45, 2.75) is 112 Å². The van der Waals surface area contributed by atoms with Gasteiger partial charge in [0.25, 0.3) is 0 Å². The molecule has 2 saturated carbocycles. The normalized spacial score (nSPS) is 41.2. The third-order valence-corrected chi connectivity index (χ3v) is 12.0. The van der Waals surface area contributed by atoms with Crippen LogP contribution in [-0.2, 0) is 28.7 Å². The number of esters is 1. The first-order chi connectivity index (χ1) is 18.8. The van der Waals surface area contributed by atoms with Gasteiger partial charge in [0.1, 0.15) is 11.6 Å². The Hall–Kier alpha value is -2.39. The minimum Gasteiger partial charge on any atom is -0.481 e. The lowest BCUT2D eigenvalue weighted by molar-refractivity contribution is -0.178. The molecule has 0 aliphatic heterocycles. The van der Waals surface area contributed by atoms with Gasteiger partial charge in [0.2, 0.25) is 5.78 Å². The van der Waals surface area contributed by atoms with E-state index in [0.717, 1.165) is 0 Å². The summed E-state index contributed by atoms with van der Waals surface area (Å²) in [6.07, 6.45) is -1.87. The maximum Gasteiger partial charge on any atom is 0.306 e. The fraction of sp³-hybridized carbons (Fsp3) is 0.781. The predicted octanol–water partition coefficient (Wildman–Crippen LogP) is 3.67. The summed E-state index contributed by atoms with van der Waals surface area (Å²) in [6.45, 7) is 13.9. The molecule has 0 bridgehead atoms. The van der Waals surface area contributed by atoms with Gasteiger partial charge < -0.3 is 20.1 Å². The Labute approximate surface area is 242 Å². The van der Waals surface area contributed by atoms with E-state index in [2.05, 4.69) is 0 Å². The number of ether oxygens (including phenoxy) is 1. The Kier molecular flexibility index (Phi) is 7.78. The SMILES string of the molecule is CC(=O)O[C@@H]1C(=O)C2=C([C@@H](O)C[C@H]3C(C)(C)[C@@H](O)CC[C@]23C)[C@]2(C)C(=O)C[C@@H]([C@H](C)CC(=O)C[C@@H](C)C(=O)O)[C@]12C. The summed E-state index contributed by atoms with van der Waals surface area (Å²) in [6, 6.07) is 0. The average Bonchev–Trinajstić information content (AvgIpc) is 3.07. The van der Waals surface area contributed by atoms with E-state index in [9.17, 15) is 39.3 Å². The van der Waals surface area contributed by atoms with Gasteiger partial charge in [-0.25, -0.2) is 0 Å². The van der Waals surface area contributed by atoms with Gasteiger partial charge in [-0.2, -0.15) is 0 Å². The highest BCUT2D eigenvalue weighted by Gasteiger charge is 2.74. The fourth-order valence-electron chi connectivity index (χ4n) is 9.45. The molecule has 2 fully saturated rings. The van der Waals surface area contributed by atoms with Crippen LogP contribution in [-0.4, -0.2) is 62.9 Å². The molecule has 4 rings (SSSR count). The Bertz CT molecular complexity index is 1220. The molecule has 0 saturated heterocycles. The molecule has 0 amide bonds. The molecular weight excluding hydrogens is 528 g/mol. The number of ketones is 3. The maximum atomic E-state index is 14.6. The quantitative estimate of drug-likeness (QED) is 0.386. The van der Waals surface area contributed by atoms with Crippen LogP contribution >= 0.6 is 0 Å².